The fraction of sp³-hybridized carbons (Fsp3) is 0.167. The lowest BCUT2D eigenvalue weighted by molar-refractivity contribution is 0.462. The van der Waals surface area contributed by atoms with E-state index in [1.807, 2.05) is 53.1 Å². The van der Waals surface area contributed by atoms with E-state index in [4.69, 9.17) is 0 Å². The molecular weight excluding hydrogens is 294 g/mol. The summed E-state index contributed by atoms with van der Waals surface area (Å²) in [7, 11) is 0. The van der Waals surface area contributed by atoms with E-state index in [2.05, 4.69) is 0 Å². The minimum absolute atomic E-state index is 0.0917. The maximum absolute atomic E-state index is 12.8. The Labute approximate surface area is 132 Å². The van der Waals surface area contributed by atoms with Crippen LogP contribution in [0.1, 0.15) is 12.0 Å². The molecule has 0 fully saturated rings. The number of aromatic nitrogens is 1. The van der Waals surface area contributed by atoms with Gasteiger partial charge in [-0.3, -0.25) is 4.79 Å². The summed E-state index contributed by atoms with van der Waals surface area (Å²) < 4.78 is 1.82. The highest BCUT2D eigenvalue weighted by Crippen LogP contribution is 2.38. The lowest BCUT2D eigenvalue weighted by Crippen LogP contribution is -2.25. The van der Waals surface area contributed by atoms with E-state index in [1.165, 1.54) is 11.8 Å². The third kappa shape index (κ3) is 2.03. The average molecular weight is 309 g/mol. The number of hydrogen-bond acceptors (Lipinski definition) is 3. The molecule has 0 bridgehead atoms. The fourth-order valence-corrected chi connectivity index (χ4v) is 4.02. The van der Waals surface area contributed by atoms with Gasteiger partial charge in [0.05, 0.1) is 5.52 Å². The molecule has 4 heteroatoms. The van der Waals surface area contributed by atoms with Crippen LogP contribution in [0.3, 0.4) is 0 Å². The average Bonchev–Trinajstić information content (AvgIpc) is 2.57. The number of aromatic hydroxyl groups is 1. The molecule has 2 aromatic carbocycles. The maximum Gasteiger partial charge on any atom is 0.268 e. The third-order valence-corrected chi connectivity index (χ3v) is 5.17. The van der Waals surface area contributed by atoms with Gasteiger partial charge in [-0.05, 0) is 36.6 Å². The smallest absolute Gasteiger partial charge is 0.268 e. The van der Waals surface area contributed by atoms with Crippen LogP contribution in [0, 0.1) is 0 Å². The molecule has 1 aliphatic heterocycles. The summed E-state index contributed by atoms with van der Waals surface area (Å²) in [6, 6.07) is 15.6. The summed E-state index contributed by atoms with van der Waals surface area (Å²) in [4.78, 5) is 14.2. The van der Waals surface area contributed by atoms with E-state index in [-0.39, 0.29) is 11.3 Å². The number of rotatable bonds is 2. The maximum atomic E-state index is 12.8. The van der Waals surface area contributed by atoms with Crippen molar-refractivity contribution in [2.45, 2.75) is 29.2 Å². The van der Waals surface area contributed by atoms with E-state index < -0.39 is 0 Å². The van der Waals surface area contributed by atoms with Crippen molar-refractivity contribution in [3.05, 3.63) is 64.4 Å². The first kappa shape index (κ1) is 13.5. The Kier molecular flexibility index (Phi) is 3.19. The zero-order valence-corrected chi connectivity index (χ0v) is 12.8. The largest absolute Gasteiger partial charge is 0.506 e. The molecule has 0 atom stereocenters. The van der Waals surface area contributed by atoms with E-state index in [0.29, 0.717) is 4.90 Å². The number of benzene rings is 2. The van der Waals surface area contributed by atoms with Gasteiger partial charge in [-0.1, -0.05) is 42.1 Å². The summed E-state index contributed by atoms with van der Waals surface area (Å²) in [5.74, 6) is 0.105. The predicted molar refractivity (Wildman–Crippen MR) is 88.8 cm³/mol. The van der Waals surface area contributed by atoms with E-state index >= 15 is 0 Å². The van der Waals surface area contributed by atoms with Gasteiger partial charge in [-0.2, -0.15) is 0 Å². The van der Waals surface area contributed by atoms with E-state index in [0.717, 1.165) is 40.7 Å². The molecule has 0 saturated carbocycles. The van der Waals surface area contributed by atoms with Crippen LogP contribution in [-0.4, -0.2) is 9.67 Å². The van der Waals surface area contributed by atoms with Crippen LogP contribution in [0.4, 0.5) is 0 Å². The molecule has 0 saturated heterocycles. The first-order chi connectivity index (χ1) is 10.8. The summed E-state index contributed by atoms with van der Waals surface area (Å²) in [6.45, 7) is 0.717. The van der Waals surface area contributed by atoms with Gasteiger partial charge >= 0.3 is 0 Å². The van der Waals surface area contributed by atoms with Gasteiger partial charge in [-0.25, -0.2) is 0 Å². The van der Waals surface area contributed by atoms with Crippen molar-refractivity contribution in [2.75, 3.05) is 0 Å². The van der Waals surface area contributed by atoms with Gasteiger partial charge in [0.25, 0.3) is 5.56 Å². The van der Waals surface area contributed by atoms with E-state index in [1.54, 1.807) is 0 Å². The summed E-state index contributed by atoms with van der Waals surface area (Å²) in [6.07, 6.45) is 1.92. The standard InChI is InChI=1S/C18H15NO2S/c20-16-14-10-4-6-12-7-5-11-19(15(12)14)18(21)17(16)22-13-8-2-1-3-9-13/h1-4,6,8-10,20H,5,7,11H2. The molecule has 1 aliphatic rings. The molecular formula is C18H15NO2S. The Hall–Kier alpha value is -2.20. The summed E-state index contributed by atoms with van der Waals surface area (Å²) >= 11 is 1.33. The molecule has 1 N–H and O–H groups in total. The first-order valence-electron chi connectivity index (χ1n) is 7.36. The Morgan fingerprint density at radius 3 is 2.68 bits per heavy atom. The van der Waals surface area contributed by atoms with Crippen molar-refractivity contribution >= 4 is 22.7 Å². The Balaban J connectivity index is 1.99. The molecule has 2 heterocycles. The van der Waals surface area contributed by atoms with Gasteiger partial charge in [0.15, 0.2) is 0 Å². The van der Waals surface area contributed by atoms with Crippen molar-refractivity contribution in [1.82, 2.24) is 4.57 Å². The van der Waals surface area contributed by atoms with Crippen molar-refractivity contribution in [3.63, 3.8) is 0 Å². The minimum atomic E-state index is -0.0917. The van der Waals surface area contributed by atoms with Crippen molar-refractivity contribution in [3.8, 4) is 5.75 Å². The van der Waals surface area contributed by atoms with Crippen LogP contribution in [0.2, 0.25) is 0 Å². The van der Waals surface area contributed by atoms with Gasteiger partial charge in [0.2, 0.25) is 0 Å². The predicted octanol–water partition coefficient (Wildman–Crippen LogP) is 3.80. The first-order valence-corrected chi connectivity index (χ1v) is 8.17. The second-order valence-electron chi connectivity index (χ2n) is 5.47. The topological polar surface area (TPSA) is 42.2 Å². The Morgan fingerprint density at radius 1 is 1.05 bits per heavy atom. The van der Waals surface area contributed by atoms with Crippen LogP contribution in [-0.2, 0) is 13.0 Å². The number of aryl methyl sites for hydroxylation is 2. The van der Waals surface area contributed by atoms with E-state index in [9.17, 15) is 9.90 Å². The lowest BCUT2D eigenvalue weighted by Gasteiger charge is -2.21. The molecule has 0 radical (unpaired) electrons. The molecule has 0 amide bonds. The monoisotopic (exact) mass is 309 g/mol. The third-order valence-electron chi connectivity index (χ3n) is 4.09. The summed E-state index contributed by atoms with van der Waals surface area (Å²) in [5, 5.41) is 11.4. The summed E-state index contributed by atoms with van der Waals surface area (Å²) in [5.41, 5.74) is 1.95. The fourth-order valence-electron chi connectivity index (χ4n) is 3.09. The molecule has 0 aliphatic carbocycles. The minimum Gasteiger partial charge on any atom is -0.506 e. The molecule has 110 valence electrons. The number of nitrogens with zero attached hydrogens (tertiary/aromatic N) is 1. The molecule has 1 aromatic heterocycles. The van der Waals surface area contributed by atoms with Crippen LogP contribution >= 0.6 is 11.8 Å². The lowest BCUT2D eigenvalue weighted by atomic mass is 10.0. The Bertz CT molecular complexity index is 916. The SMILES string of the molecule is O=c1c(Sc2ccccc2)c(O)c2cccc3c2n1CCC3. The normalized spacial score (nSPS) is 13.5. The molecule has 4 rings (SSSR count). The van der Waals surface area contributed by atoms with Gasteiger partial charge in [0.1, 0.15) is 10.6 Å². The van der Waals surface area contributed by atoms with Gasteiger partial charge in [-0.15, -0.1) is 0 Å². The molecule has 3 aromatic rings. The number of hydrogen-bond donors (Lipinski definition) is 1. The van der Waals surface area contributed by atoms with Crippen molar-refractivity contribution in [1.29, 1.82) is 0 Å². The molecule has 3 nitrogen and oxygen atoms in total. The second kappa shape index (κ2) is 5.21. The molecule has 0 unspecified atom stereocenters. The van der Waals surface area contributed by atoms with Crippen molar-refractivity contribution < 1.29 is 5.11 Å². The van der Waals surface area contributed by atoms with Crippen LogP contribution < -0.4 is 5.56 Å². The highest BCUT2D eigenvalue weighted by molar-refractivity contribution is 7.99. The second-order valence-corrected chi connectivity index (χ2v) is 6.55. The highest BCUT2D eigenvalue weighted by Gasteiger charge is 2.21. The van der Waals surface area contributed by atoms with Crippen molar-refractivity contribution in [2.24, 2.45) is 0 Å². The van der Waals surface area contributed by atoms with Gasteiger partial charge < -0.3 is 9.67 Å². The van der Waals surface area contributed by atoms with Gasteiger partial charge in [0, 0.05) is 16.8 Å². The quantitative estimate of drug-likeness (QED) is 0.783. The molecule has 22 heavy (non-hydrogen) atoms. The van der Waals surface area contributed by atoms with Crippen LogP contribution in [0.15, 0.2) is 63.1 Å². The van der Waals surface area contributed by atoms with Crippen LogP contribution in [0.25, 0.3) is 10.9 Å². The number of para-hydroxylation sites is 1. The number of pyridine rings is 1. The molecule has 0 spiro atoms. The zero-order chi connectivity index (χ0) is 15.1. The highest BCUT2D eigenvalue weighted by atomic mass is 32.2. The zero-order valence-electron chi connectivity index (χ0n) is 12.0. The Morgan fingerprint density at radius 2 is 1.86 bits per heavy atom. The van der Waals surface area contributed by atoms with Crippen LogP contribution in [0.5, 0.6) is 5.75 Å².